The van der Waals surface area contributed by atoms with E-state index in [9.17, 15) is 26.3 Å². The van der Waals surface area contributed by atoms with Crippen LogP contribution in [0.3, 0.4) is 0 Å². The van der Waals surface area contributed by atoms with Crippen molar-refractivity contribution >= 4 is 0 Å². The van der Waals surface area contributed by atoms with Gasteiger partial charge in [-0.1, -0.05) is 6.07 Å². The summed E-state index contributed by atoms with van der Waals surface area (Å²) in [6.07, 6.45) is -8.59. The van der Waals surface area contributed by atoms with Gasteiger partial charge in [0, 0.05) is 0 Å². The molecule has 0 aliphatic rings. The Morgan fingerprint density at radius 3 is 2.20 bits per heavy atom. The first-order valence-corrected chi connectivity index (χ1v) is 5.03. The van der Waals surface area contributed by atoms with Gasteiger partial charge in [0.15, 0.2) is 6.39 Å². The van der Waals surface area contributed by atoms with Crippen LogP contribution in [-0.2, 0) is 12.4 Å². The highest BCUT2D eigenvalue weighted by molar-refractivity contribution is 5.45. The number of oxazole rings is 1. The van der Waals surface area contributed by atoms with Gasteiger partial charge in [0.05, 0.1) is 5.56 Å². The normalized spacial score (nSPS) is 12.5. The molecule has 2 aromatic rings. The zero-order chi connectivity index (χ0) is 15.0. The van der Waals surface area contributed by atoms with Gasteiger partial charge in [-0.3, -0.25) is 0 Å². The number of aromatic nitrogens is 1. The molecule has 0 atom stereocenters. The van der Waals surface area contributed by atoms with Crippen LogP contribution in [0.2, 0.25) is 0 Å². The van der Waals surface area contributed by atoms with Gasteiger partial charge in [-0.05, 0) is 12.1 Å². The molecule has 0 fully saturated rings. The summed E-state index contributed by atoms with van der Waals surface area (Å²) in [6, 6.07) is 1.90. The molecule has 2 rings (SSSR count). The molecule has 9 heteroatoms. The fraction of sp³-hybridized carbons (Fsp3) is 0.182. The minimum Gasteiger partial charge on any atom is -0.424 e. The molecule has 0 unspecified atom stereocenters. The largest absolute Gasteiger partial charge is 0.424 e. The lowest BCUT2D eigenvalue weighted by Crippen LogP contribution is -2.17. The van der Waals surface area contributed by atoms with Crippen LogP contribution in [0.5, 0.6) is 11.7 Å². The Morgan fingerprint density at radius 2 is 1.70 bits per heavy atom. The predicted octanol–water partition coefficient (Wildman–Crippen LogP) is 4.50. The third kappa shape index (κ3) is 2.86. The number of nitrogens with zero attached hydrogens (tertiary/aromatic N) is 1. The monoisotopic (exact) mass is 297 g/mol. The molecule has 20 heavy (non-hydrogen) atoms. The third-order valence-electron chi connectivity index (χ3n) is 2.24. The second-order valence-corrected chi connectivity index (χ2v) is 3.60. The summed E-state index contributed by atoms with van der Waals surface area (Å²) in [4.78, 5) is 3.39. The van der Waals surface area contributed by atoms with Crippen molar-refractivity contribution in [2.45, 2.75) is 12.4 Å². The van der Waals surface area contributed by atoms with Crippen LogP contribution < -0.4 is 4.74 Å². The highest BCUT2D eigenvalue weighted by atomic mass is 19.4. The SMILES string of the molecule is FC(F)(F)c1cccc(Oc2cnco2)c1C(F)(F)F. The summed E-state index contributed by atoms with van der Waals surface area (Å²) in [5.74, 6) is -1.46. The fourth-order valence-corrected chi connectivity index (χ4v) is 1.51. The van der Waals surface area contributed by atoms with Crippen LogP contribution in [0.1, 0.15) is 11.1 Å². The van der Waals surface area contributed by atoms with Crippen molar-refractivity contribution in [3.63, 3.8) is 0 Å². The van der Waals surface area contributed by atoms with E-state index in [1.807, 2.05) is 0 Å². The van der Waals surface area contributed by atoms with E-state index in [-0.39, 0.29) is 0 Å². The van der Waals surface area contributed by atoms with Gasteiger partial charge in [-0.15, -0.1) is 0 Å². The van der Waals surface area contributed by atoms with E-state index in [1.165, 1.54) is 0 Å². The number of alkyl halides is 6. The van der Waals surface area contributed by atoms with Gasteiger partial charge in [-0.25, -0.2) is 4.98 Å². The first kappa shape index (κ1) is 14.2. The van der Waals surface area contributed by atoms with Crippen LogP contribution in [0.15, 0.2) is 35.2 Å². The first-order chi connectivity index (χ1) is 9.19. The zero-order valence-electron chi connectivity index (χ0n) is 9.42. The molecule has 108 valence electrons. The van der Waals surface area contributed by atoms with Crippen molar-refractivity contribution in [3.8, 4) is 11.7 Å². The molecule has 1 aromatic carbocycles. The Balaban J connectivity index is 2.57. The standard InChI is InChI=1S/C11H5F6NO2/c12-10(13,14)6-2-1-3-7(9(6)11(15,16)17)20-8-4-18-5-19-8/h1-5H. The van der Waals surface area contributed by atoms with E-state index in [0.717, 1.165) is 24.7 Å². The zero-order valence-corrected chi connectivity index (χ0v) is 9.42. The number of ether oxygens (including phenoxy) is 1. The van der Waals surface area contributed by atoms with Crippen LogP contribution in [0.25, 0.3) is 0 Å². The lowest BCUT2D eigenvalue weighted by Gasteiger charge is -2.18. The average molecular weight is 297 g/mol. The van der Waals surface area contributed by atoms with Gasteiger partial charge in [-0.2, -0.15) is 26.3 Å². The predicted molar refractivity (Wildman–Crippen MR) is 53.0 cm³/mol. The number of benzene rings is 1. The molecule has 3 nitrogen and oxygen atoms in total. The topological polar surface area (TPSA) is 35.3 Å². The van der Waals surface area contributed by atoms with E-state index < -0.39 is 35.2 Å². The average Bonchev–Trinajstić information content (AvgIpc) is 2.79. The number of halogens is 6. The van der Waals surface area contributed by atoms with Crippen molar-refractivity contribution < 1.29 is 35.5 Å². The summed E-state index contributed by atoms with van der Waals surface area (Å²) in [7, 11) is 0. The van der Waals surface area contributed by atoms with Crippen LogP contribution in [-0.4, -0.2) is 4.98 Å². The number of rotatable bonds is 2. The molecule has 1 heterocycles. The summed E-state index contributed by atoms with van der Waals surface area (Å²) >= 11 is 0. The van der Waals surface area contributed by atoms with Crippen LogP contribution >= 0.6 is 0 Å². The van der Waals surface area contributed by atoms with E-state index in [1.54, 1.807) is 0 Å². The highest BCUT2D eigenvalue weighted by Crippen LogP contribution is 2.45. The molecule has 0 aliphatic heterocycles. The fourth-order valence-electron chi connectivity index (χ4n) is 1.51. The highest BCUT2D eigenvalue weighted by Gasteiger charge is 2.45. The van der Waals surface area contributed by atoms with Crippen molar-refractivity contribution in [1.82, 2.24) is 4.98 Å². The maximum absolute atomic E-state index is 12.8. The molecule has 0 spiro atoms. The summed E-state index contributed by atoms with van der Waals surface area (Å²) in [5.41, 5.74) is -3.74. The van der Waals surface area contributed by atoms with Crippen LogP contribution in [0.4, 0.5) is 26.3 Å². The molecule has 1 aromatic heterocycles. The molecule has 0 amide bonds. The van der Waals surface area contributed by atoms with Gasteiger partial charge in [0.1, 0.15) is 17.5 Å². The van der Waals surface area contributed by atoms with Gasteiger partial charge < -0.3 is 9.15 Å². The van der Waals surface area contributed by atoms with E-state index in [0.29, 0.717) is 6.07 Å². The van der Waals surface area contributed by atoms with Crippen molar-refractivity contribution in [1.29, 1.82) is 0 Å². The number of hydrogen-bond acceptors (Lipinski definition) is 3. The maximum atomic E-state index is 12.8. The molecule has 0 saturated heterocycles. The first-order valence-electron chi connectivity index (χ1n) is 5.03. The molecule has 0 aliphatic carbocycles. The minimum absolute atomic E-state index is 0.329. The second kappa shape index (κ2) is 4.73. The van der Waals surface area contributed by atoms with Crippen molar-refractivity contribution in [2.75, 3.05) is 0 Å². The summed E-state index contributed by atoms with van der Waals surface area (Å²) in [5, 5.41) is 0. The number of hydrogen-bond donors (Lipinski definition) is 0. The van der Waals surface area contributed by atoms with Crippen LogP contribution in [0, 0.1) is 0 Å². The Hall–Kier alpha value is -2.19. The Kier molecular flexibility index (Phi) is 3.36. The molecule has 0 radical (unpaired) electrons. The quantitative estimate of drug-likeness (QED) is 0.765. The second-order valence-electron chi connectivity index (χ2n) is 3.60. The maximum Gasteiger partial charge on any atom is 0.420 e. The van der Waals surface area contributed by atoms with Gasteiger partial charge >= 0.3 is 18.3 Å². The van der Waals surface area contributed by atoms with Gasteiger partial charge in [0.2, 0.25) is 0 Å². The molecular formula is C11H5F6NO2. The molecule has 0 bridgehead atoms. The molecule has 0 saturated carbocycles. The lowest BCUT2D eigenvalue weighted by molar-refractivity contribution is -0.162. The lowest BCUT2D eigenvalue weighted by atomic mass is 10.1. The molecule has 0 N–H and O–H groups in total. The Labute approximate surface area is 107 Å². The third-order valence-corrected chi connectivity index (χ3v) is 2.24. The Bertz CT molecular complexity index is 588. The van der Waals surface area contributed by atoms with Gasteiger partial charge in [0.25, 0.3) is 0 Å². The Morgan fingerprint density at radius 1 is 1.00 bits per heavy atom. The molecular weight excluding hydrogens is 292 g/mol. The summed E-state index contributed by atoms with van der Waals surface area (Å²) < 4.78 is 85.7. The van der Waals surface area contributed by atoms with E-state index in [2.05, 4.69) is 14.1 Å². The van der Waals surface area contributed by atoms with Crippen molar-refractivity contribution in [3.05, 3.63) is 41.9 Å². The van der Waals surface area contributed by atoms with E-state index in [4.69, 9.17) is 0 Å². The van der Waals surface area contributed by atoms with Crippen molar-refractivity contribution in [2.24, 2.45) is 0 Å². The summed E-state index contributed by atoms with van der Waals surface area (Å²) in [6.45, 7) is 0. The smallest absolute Gasteiger partial charge is 0.420 e. The minimum atomic E-state index is -5.23. The van der Waals surface area contributed by atoms with E-state index >= 15 is 0 Å².